The Bertz CT molecular complexity index is 721. The summed E-state index contributed by atoms with van der Waals surface area (Å²) in [5.74, 6) is 4.19. The van der Waals surface area contributed by atoms with Crippen LogP contribution in [0.25, 0.3) is 0 Å². The Morgan fingerprint density at radius 3 is 2.88 bits per heavy atom. The van der Waals surface area contributed by atoms with Gasteiger partial charge in [-0.2, -0.15) is 0 Å². The molecular weight excluding hydrogens is 320 g/mol. The molecule has 0 N–H and O–H groups in total. The molecule has 0 aliphatic heterocycles. The predicted octanol–water partition coefficient (Wildman–Crippen LogP) is 5.56. The minimum atomic E-state index is -0.105. The van der Waals surface area contributed by atoms with Gasteiger partial charge in [0.1, 0.15) is 11.5 Å². The highest BCUT2D eigenvalue weighted by Crippen LogP contribution is 2.62. The topological polar surface area (TPSA) is 26.3 Å². The van der Waals surface area contributed by atoms with Crippen molar-refractivity contribution in [2.24, 2.45) is 29.1 Å². The summed E-state index contributed by atoms with van der Waals surface area (Å²) in [6.45, 7) is 8.50. The van der Waals surface area contributed by atoms with E-state index < -0.39 is 0 Å². The summed E-state index contributed by atoms with van der Waals surface area (Å²) in [4.78, 5) is 13.2. The van der Waals surface area contributed by atoms with Crippen molar-refractivity contribution in [3.63, 3.8) is 0 Å². The van der Waals surface area contributed by atoms with Gasteiger partial charge in [-0.1, -0.05) is 32.4 Å². The van der Waals surface area contributed by atoms with Gasteiger partial charge in [0.15, 0.2) is 0 Å². The predicted molar refractivity (Wildman–Crippen MR) is 105 cm³/mol. The molecule has 0 heterocycles. The highest BCUT2D eigenvalue weighted by Gasteiger charge is 2.59. The van der Waals surface area contributed by atoms with Crippen molar-refractivity contribution in [1.82, 2.24) is 0 Å². The zero-order valence-electron chi connectivity index (χ0n) is 16.5. The van der Waals surface area contributed by atoms with Gasteiger partial charge >= 0.3 is 0 Å². The molecule has 6 atom stereocenters. The van der Waals surface area contributed by atoms with E-state index in [1.54, 1.807) is 7.11 Å². The maximum Gasteiger partial charge on any atom is 0.142 e. The van der Waals surface area contributed by atoms with Crippen LogP contribution in [0.15, 0.2) is 30.9 Å². The third-order valence-electron chi connectivity index (χ3n) is 7.95. The normalized spacial score (nSPS) is 38.3. The Kier molecular flexibility index (Phi) is 4.49. The first-order valence-electron chi connectivity index (χ1n) is 10.4. The third kappa shape index (κ3) is 2.48. The quantitative estimate of drug-likeness (QED) is 0.663. The van der Waals surface area contributed by atoms with E-state index in [0.29, 0.717) is 29.5 Å². The Labute approximate surface area is 158 Å². The largest absolute Gasteiger partial charge is 0.497 e. The number of fused-ring (bicyclic) bond motifs is 5. The molecule has 1 aromatic carbocycles. The van der Waals surface area contributed by atoms with Gasteiger partial charge in [-0.15, -0.1) is 6.58 Å². The van der Waals surface area contributed by atoms with Crippen LogP contribution >= 0.6 is 0 Å². The zero-order valence-corrected chi connectivity index (χ0v) is 16.5. The SMILES string of the molecule is C=CC[C@@H]1CC2C3C(CC[C@]2(C)C1=O)c1ccc(OC)cc1C[C@H]3CC. The van der Waals surface area contributed by atoms with E-state index in [2.05, 4.69) is 38.6 Å². The van der Waals surface area contributed by atoms with Gasteiger partial charge in [0.25, 0.3) is 0 Å². The molecule has 26 heavy (non-hydrogen) atoms. The van der Waals surface area contributed by atoms with Crippen LogP contribution in [0.3, 0.4) is 0 Å². The van der Waals surface area contributed by atoms with Crippen LogP contribution in [-0.2, 0) is 11.2 Å². The number of Topliss-reactive ketones (excluding diaryl/α,β-unsaturated/α-hetero) is 1. The second kappa shape index (κ2) is 6.55. The lowest BCUT2D eigenvalue weighted by atomic mass is 9.52. The fraction of sp³-hybridized carbons (Fsp3) is 0.625. The second-order valence-electron chi connectivity index (χ2n) is 9.00. The van der Waals surface area contributed by atoms with Crippen LogP contribution in [0.5, 0.6) is 5.75 Å². The lowest BCUT2D eigenvalue weighted by Gasteiger charge is -2.51. The highest BCUT2D eigenvalue weighted by atomic mass is 16.5. The van der Waals surface area contributed by atoms with E-state index in [4.69, 9.17) is 4.74 Å². The first-order valence-corrected chi connectivity index (χ1v) is 10.4. The fourth-order valence-corrected chi connectivity index (χ4v) is 6.65. The number of benzene rings is 1. The number of ether oxygens (including phenoxy) is 1. The molecule has 0 bridgehead atoms. The van der Waals surface area contributed by atoms with Crippen molar-refractivity contribution in [2.45, 2.75) is 58.3 Å². The molecular formula is C24H32O2. The molecule has 2 nitrogen and oxygen atoms in total. The summed E-state index contributed by atoms with van der Waals surface area (Å²) in [5.41, 5.74) is 2.90. The molecule has 2 heteroatoms. The first-order chi connectivity index (χ1) is 12.5. The van der Waals surface area contributed by atoms with E-state index in [1.807, 2.05) is 6.08 Å². The number of carbonyl (C=O) groups excluding carboxylic acids is 1. The van der Waals surface area contributed by atoms with Crippen molar-refractivity contribution in [3.8, 4) is 5.75 Å². The number of carbonyl (C=O) groups is 1. The molecule has 140 valence electrons. The van der Waals surface area contributed by atoms with Crippen LogP contribution in [0.1, 0.15) is 63.0 Å². The summed E-state index contributed by atoms with van der Waals surface area (Å²) in [6.07, 6.45) is 8.41. The van der Waals surface area contributed by atoms with E-state index in [1.165, 1.54) is 17.5 Å². The summed E-state index contributed by atoms with van der Waals surface area (Å²) >= 11 is 0. The summed E-state index contributed by atoms with van der Waals surface area (Å²) in [7, 11) is 1.75. The number of ketones is 1. The molecule has 0 saturated heterocycles. The molecule has 2 saturated carbocycles. The van der Waals surface area contributed by atoms with Crippen LogP contribution in [0, 0.1) is 29.1 Å². The molecule has 1 aromatic rings. The van der Waals surface area contributed by atoms with Gasteiger partial charge in [-0.3, -0.25) is 4.79 Å². The first kappa shape index (κ1) is 17.8. The Morgan fingerprint density at radius 1 is 1.38 bits per heavy atom. The average molecular weight is 353 g/mol. The summed E-state index contributed by atoms with van der Waals surface area (Å²) in [6, 6.07) is 6.68. The maximum atomic E-state index is 13.2. The van der Waals surface area contributed by atoms with Crippen molar-refractivity contribution in [3.05, 3.63) is 42.0 Å². The zero-order chi connectivity index (χ0) is 18.5. The van der Waals surface area contributed by atoms with Gasteiger partial charge in [0.05, 0.1) is 7.11 Å². The molecule has 0 amide bonds. The summed E-state index contributed by atoms with van der Waals surface area (Å²) < 4.78 is 5.47. The van der Waals surface area contributed by atoms with Crippen LogP contribution in [0.4, 0.5) is 0 Å². The van der Waals surface area contributed by atoms with E-state index in [-0.39, 0.29) is 11.3 Å². The van der Waals surface area contributed by atoms with E-state index in [9.17, 15) is 4.79 Å². The minimum Gasteiger partial charge on any atom is -0.497 e. The van der Waals surface area contributed by atoms with Crippen LogP contribution in [-0.4, -0.2) is 12.9 Å². The lowest BCUT2D eigenvalue weighted by molar-refractivity contribution is -0.132. The lowest BCUT2D eigenvalue weighted by Crippen LogP contribution is -2.46. The molecule has 4 rings (SSSR count). The second-order valence-corrected chi connectivity index (χ2v) is 9.00. The van der Waals surface area contributed by atoms with Gasteiger partial charge in [0, 0.05) is 11.3 Å². The molecule has 3 aliphatic carbocycles. The van der Waals surface area contributed by atoms with Crippen molar-refractivity contribution < 1.29 is 9.53 Å². The van der Waals surface area contributed by atoms with Crippen LogP contribution in [0.2, 0.25) is 0 Å². The van der Waals surface area contributed by atoms with E-state index >= 15 is 0 Å². The van der Waals surface area contributed by atoms with E-state index in [0.717, 1.165) is 37.9 Å². The molecule has 0 radical (unpaired) electrons. The molecule has 0 aromatic heterocycles. The standard InChI is InChI=1S/C24H32O2/c1-5-7-16-14-21-22-15(6-2)12-17-13-18(26-4)8-9-19(17)20(22)10-11-24(21,3)23(16)25/h5,8-9,13,15-16,20-22H,1,6-7,10-12,14H2,2-4H3/t15-,16-,20?,21?,22?,24+/m1/s1. The Hall–Kier alpha value is -1.57. The number of methoxy groups -OCH3 is 1. The number of hydrogen-bond donors (Lipinski definition) is 0. The number of hydrogen-bond acceptors (Lipinski definition) is 2. The fourth-order valence-electron chi connectivity index (χ4n) is 6.65. The Balaban J connectivity index is 1.73. The van der Waals surface area contributed by atoms with Gasteiger partial charge in [0.2, 0.25) is 0 Å². The van der Waals surface area contributed by atoms with Crippen molar-refractivity contribution in [2.75, 3.05) is 7.11 Å². The van der Waals surface area contributed by atoms with Crippen molar-refractivity contribution in [1.29, 1.82) is 0 Å². The van der Waals surface area contributed by atoms with Gasteiger partial charge in [-0.05, 0) is 79.0 Å². The highest BCUT2D eigenvalue weighted by molar-refractivity contribution is 5.89. The van der Waals surface area contributed by atoms with Gasteiger partial charge in [-0.25, -0.2) is 0 Å². The molecule has 0 spiro atoms. The maximum absolute atomic E-state index is 13.2. The number of rotatable bonds is 4. The molecule has 3 unspecified atom stereocenters. The average Bonchev–Trinajstić information content (AvgIpc) is 2.91. The minimum absolute atomic E-state index is 0.105. The number of allylic oxidation sites excluding steroid dienone is 1. The monoisotopic (exact) mass is 352 g/mol. The smallest absolute Gasteiger partial charge is 0.142 e. The van der Waals surface area contributed by atoms with Crippen molar-refractivity contribution >= 4 is 5.78 Å². The van der Waals surface area contributed by atoms with Gasteiger partial charge < -0.3 is 4.74 Å². The molecule has 2 fully saturated rings. The molecule has 3 aliphatic rings. The summed E-state index contributed by atoms with van der Waals surface area (Å²) in [5, 5.41) is 0. The Morgan fingerprint density at radius 2 is 2.19 bits per heavy atom. The third-order valence-corrected chi connectivity index (χ3v) is 7.95. The van der Waals surface area contributed by atoms with Crippen LogP contribution < -0.4 is 4.74 Å².